The van der Waals surface area contributed by atoms with Crippen molar-refractivity contribution in [1.82, 2.24) is 5.32 Å². The van der Waals surface area contributed by atoms with E-state index in [4.69, 9.17) is 4.74 Å². The summed E-state index contributed by atoms with van der Waals surface area (Å²) in [6.45, 7) is 1.18. The fourth-order valence-electron chi connectivity index (χ4n) is 2.26. The average molecular weight is 187 g/mol. The number of rotatable bonds is 1. The lowest BCUT2D eigenvalue weighted by Crippen LogP contribution is -2.43. The Balaban J connectivity index is 1.97. The molecule has 1 saturated heterocycles. The molecule has 12 heavy (non-hydrogen) atoms. The van der Waals surface area contributed by atoms with E-state index < -0.39 is 0 Å². The third-order valence-electron chi connectivity index (χ3n) is 2.93. The third-order valence-corrected chi connectivity index (χ3v) is 4.40. The summed E-state index contributed by atoms with van der Waals surface area (Å²) in [6.07, 6.45) is 5.60. The van der Waals surface area contributed by atoms with Crippen molar-refractivity contribution in [1.29, 1.82) is 0 Å². The van der Waals surface area contributed by atoms with E-state index in [2.05, 4.69) is 17.1 Å². The third kappa shape index (κ3) is 1.63. The summed E-state index contributed by atoms with van der Waals surface area (Å²) in [5, 5.41) is 3.62. The van der Waals surface area contributed by atoms with Crippen LogP contribution in [0.2, 0.25) is 0 Å². The molecule has 1 aliphatic heterocycles. The van der Waals surface area contributed by atoms with Gasteiger partial charge in [0.1, 0.15) is 0 Å². The van der Waals surface area contributed by atoms with Crippen LogP contribution >= 0.6 is 11.8 Å². The number of hydrogen-bond acceptors (Lipinski definition) is 3. The zero-order valence-electron chi connectivity index (χ0n) is 7.64. The van der Waals surface area contributed by atoms with Crippen LogP contribution in [0.1, 0.15) is 25.7 Å². The molecule has 2 fully saturated rings. The Morgan fingerprint density at radius 3 is 3.17 bits per heavy atom. The van der Waals surface area contributed by atoms with Crippen LogP contribution in [0.5, 0.6) is 0 Å². The van der Waals surface area contributed by atoms with E-state index in [-0.39, 0.29) is 0 Å². The molecule has 2 rings (SSSR count). The first-order valence-electron chi connectivity index (χ1n) is 4.76. The van der Waals surface area contributed by atoms with Crippen molar-refractivity contribution in [2.45, 2.75) is 36.7 Å². The van der Waals surface area contributed by atoms with Crippen molar-refractivity contribution in [2.24, 2.45) is 0 Å². The van der Waals surface area contributed by atoms with Gasteiger partial charge in [0.25, 0.3) is 0 Å². The monoisotopic (exact) mass is 187 g/mol. The molecule has 0 aromatic carbocycles. The highest BCUT2D eigenvalue weighted by atomic mass is 32.2. The maximum absolute atomic E-state index is 5.42. The Morgan fingerprint density at radius 1 is 1.58 bits per heavy atom. The van der Waals surface area contributed by atoms with Crippen LogP contribution in [-0.4, -0.2) is 30.4 Å². The van der Waals surface area contributed by atoms with E-state index in [1.165, 1.54) is 38.0 Å². The molecule has 0 radical (unpaired) electrons. The van der Waals surface area contributed by atoms with E-state index >= 15 is 0 Å². The number of thioether (sulfide) groups is 1. The molecule has 2 atom stereocenters. The van der Waals surface area contributed by atoms with Gasteiger partial charge in [0.05, 0.1) is 11.0 Å². The predicted molar refractivity (Wildman–Crippen MR) is 52.5 cm³/mol. The number of ether oxygens (including phenoxy) is 1. The summed E-state index contributed by atoms with van der Waals surface area (Å²) < 4.78 is 5.42. The minimum Gasteiger partial charge on any atom is -0.381 e. The molecule has 0 aromatic rings. The van der Waals surface area contributed by atoms with Crippen LogP contribution in [0.15, 0.2) is 0 Å². The van der Waals surface area contributed by atoms with Gasteiger partial charge in [-0.15, -0.1) is 11.8 Å². The Morgan fingerprint density at radius 2 is 2.50 bits per heavy atom. The van der Waals surface area contributed by atoms with Crippen molar-refractivity contribution in [3.8, 4) is 0 Å². The highest BCUT2D eigenvalue weighted by molar-refractivity contribution is 8.00. The first kappa shape index (κ1) is 8.85. The standard InChI is InChI=1S/C9H17NOS/c1-11-8-3-2-4-9(7-8)10-5-6-12-9/h8,10H,2-7H2,1H3. The summed E-state index contributed by atoms with van der Waals surface area (Å²) in [5.74, 6) is 1.27. The largest absolute Gasteiger partial charge is 0.381 e. The lowest BCUT2D eigenvalue weighted by atomic mass is 9.92. The van der Waals surface area contributed by atoms with Crippen LogP contribution < -0.4 is 5.32 Å². The van der Waals surface area contributed by atoms with E-state index in [0.29, 0.717) is 11.0 Å². The maximum atomic E-state index is 5.42. The van der Waals surface area contributed by atoms with Crippen molar-refractivity contribution in [3.63, 3.8) is 0 Å². The molecule has 2 aliphatic rings. The molecular formula is C9H17NOS. The minimum absolute atomic E-state index is 0.388. The molecule has 3 heteroatoms. The maximum Gasteiger partial charge on any atom is 0.0670 e. The second-order valence-corrected chi connectivity index (χ2v) is 5.20. The summed E-state index contributed by atoms with van der Waals surface area (Å²) in [4.78, 5) is 0.388. The van der Waals surface area contributed by atoms with Crippen LogP contribution in [-0.2, 0) is 4.74 Å². The molecule has 1 N–H and O–H groups in total. The molecule has 0 amide bonds. The first-order chi connectivity index (χ1) is 5.85. The topological polar surface area (TPSA) is 21.3 Å². The SMILES string of the molecule is COC1CCCC2(C1)NCCS2. The van der Waals surface area contributed by atoms with Gasteiger partial charge in [-0.25, -0.2) is 0 Å². The molecule has 0 bridgehead atoms. The van der Waals surface area contributed by atoms with Gasteiger partial charge in [-0.1, -0.05) is 0 Å². The molecule has 70 valence electrons. The second kappa shape index (κ2) is 3.56. The molecule has 1 spiro atoms. The zero-order valence-corrected chi connectivity index (χ0v) is 8.45. The van der Waals surface area contributed by atoms with E-state index in [1.54, 1.807) is 0 Å². The summed E-state index contributed by atoms with van der Waals surface area (Å²) in [7, 11) is 1.84. The Bertz CT molecular complexity index is 157. The fourth-order valence-corrected chi connectivity index (χ4v) is 3.65. The minimum atomic E-state index is 0.388. The molecule has 1 aliphatic carbocycles. The molecule has 1 heterocycles. The van der Waals surface area contributed by atoms with Gasteiger partial charge in [-0.05, 0) is 19.3 Å². The van der Waals surface area contributed by atoms with Gasteiger partial charge in [-0.2, -0.15) is 0 Å². The van der Waals surface area contributed by atoms with Gasteiger partial charge in [0.15, 0.2) is 0 Å². The zero-order chi connectivity index (χ0) is 8.44. The summed E-state index contributed by atoms with van der Waals surface area (Å²) in [5.41, 5.74) is 0. The Labute approximate surface area is 78.4 Å². The van der Waals surface area contributed by atoms with Crippen LogP contribution in [0.3, 0.4) is 0 Å². The van der Waals surface area contributed by atoms with Crippen LogP contribution in [0.25, 0.3) is 0 Å². The van der Waals surface area contributed by atoms with Crippen molar-refractivity contribution in [3.05, 3.63) is 0 Å². The van der Waals surface area contributed by atoms with Crippen molar-refractivity contribution in [2.75, 3.05) is 19.4 Å². The van der Waals surface area contributed by atoms with Gasteiger partial charge in [0.2, 0.25) is 0 Å². The summed E-state index contributed by atoms with van der Waals surface area (Å²) in [6, 6.07) is 0. The Hall–Kier alpha value is 0.270. The van der Waals surface area contributed by atoms with Crippen molar-refractivity contribution >= 4 is 11.8 Å². The number of hydrogen-bond donors (Lipinski definition) is 1. The molecular weight excluding hydrogens is 170 g/mol. The first-order valence-corrected chi connectivity index (χ1v) is 5.75. The fraction of sp³-hybridized carbons (Fsp3) is 1.00. The molecule has 2 nitrogen and oxygen atoms in total. The Kier molecular flexibility index (Phi) is 2.63. The quantitative estimate of drug-likeness (QED) is 0.674. The number of nitrogens with one attached hydrogen (secondary N) is 1. The average Bonchev–Trinajstić information content (AvgIpc) is 2.53. The van der Waals surface area contributed by atoms with Gasteiger partial charge in [-0.3, -0.25) is 0 Å². The van der Waals surface area contributed by atoms with E-state index in [9.17, 15) is 0 Å². The number of methoxy groups -OCH3 is 1. The lowest BCUT2D eigenvalue weighted by molar-refractivity contribution is 0.0542. The lowest BCUT2D eigenvalue weighted by Gasteiger charge is -2.36. The van der Waals surface area contributed by atoms with Gasteiger partial charge in [0, 0.05) is 25.8 Å². The van der Waals surface area contributed by atoms with E-state index in [1.807, 2.05) is 7.11 Å². The smallest absolute Gasteiger partial charge is 0.0670 e. The van der Waals surface area contributed by atoms with Gasteiger partial charge < -0.3 is 10.1 Å². The second-order valence-electron chi connectivity index (χ2n) is 3.72. The molecule has 1 saturated carbocycles. The highest BCUT2D eigenvalue weighted by Gasteiger charge is 2.39. The molecule has 2 unspecified atom stereocenters. The van der Waals surface area contributed by atoms with Gasteiger partial charge >= 0.3 is 0 Å². The summed E-state index contributed by atoms with van der Waals surface area (Å²) >= 11 is 2.09. The highest BCUT2D eigenvalue weighted by Crippen LogP contribution is 2.41. The normalized spacial score (nSPS) is 42.2. The van der Waals surface area contributed by atoms with Crippen LogP contribution in [0.4, 0.5) is 0 Å². The molecule has 0 aromatic heterocycles. The van der Waals surface area contributed by atoms with Crippen LogP contribution in [0, 0.1) is 0 Å². The van der Waals surface area contributed by atoms with E-state index in [0.717, 1.165) is 0 Å². The predicted octanol–water partition coefficient (Wildman–Crippen LogP) is 1.61. The van der Waals surface area contributed by atoms with Crippen molar-refractivity contribution < 1.29 is 4.74 Å².